The number of aliphatic hydroxyl groups is 1. The zero-order valence-electron chi connectivity index (χ0n) is 18.6. The second-order valence-electron chi connectivity index (χ2n) is 8.90. The normalized spacial score (nSPS) is 19.5. The first-order chi connectivity index (χ1) is 15.3. The molecule has 2 aliphatic heterocycles. The van der Waals surface area contributed by atoms with Gasteiger partial charge in [0, 0.05) is 49.6 Å². The summed E-state index contributed by atoms with van der Waals surface area (Å²) in [5, 5.41) is 20.1. The lowest BCUT2D eigenvalue weighted by atomic mass is 9.78. The van der Waals surface area contributed by atoms with Crippen molar-refractivity contribution in [2.45, 2.75) is 44.2 Å². The maximum absolute atomic E-state index is 13.1. The lowest BCUT2D eigenvalue weighted by Crippen LogP contribution is -2.44. The largest absolute Gasteiger partial charge is 0.506 e. The van der Waals surface area contributed by atoms with E-state index in [9.17, 15) is 18.6 Å². The summed E-state index contributed by atoms with van der Waals surface area (Å²) >= 11 is 0. The summed E-state index contributed by atoms with van der Waals surface area (Å²) in [7, 11) is -2.02. The van der Waals surface area contributed by atoms with Crippen LogP contribution in [-0.4, -0.2) is 66.1 Å². The van der Waals surface area contributed by atoms with E-state index in [-0.39, 0.29) is 22.7 Å². The molecule has 1 aromatic carbocycles. The molecule has 1 spiro atoms. The molecule has 0 aliphatic carbocycles. The molecule has 3 heterocycles. The van der Waals surface area contributed by atoms with Gasteiger partial charge in [-0.2, -0.15) is 4.31 Å². The van der Waals surface area contributed by atoms with Gasteiger partial charge in [0.1, 0.15) is 11.5 Å². The number of rotatable bonds is 6. The minimum atomic E-state index is -3.55. The van der Waals surface area contributed by atoms with Crippen LogP contribution in [0.5, 0.6) is 11.5 Å². The zero-order valence-corrected chi connectivity index (χ0v) is 19.4. The molecule has 0 radical (unpaired) electrons. The molecule has 0 bridgehead atoms. The van der Waals surface area contributed by atoms with E-state index in [4.69, 9.17) is 4.74 Å². The van der Waals surface area contributed by atoms with E-state index in [1.54, 1.807) is 41.7 Å². The molecule has 0 saturated carbocycles. The first-order valence-electron chi connectivity index (χ1n) is 10.9. The Kier molecular flexibility index (Phi) is 6.44. The minimum absolute atomic E-state index is 0.0808. The number of hydrogen-bond donors (Lipinski definition) is 2. The van der Waals surface area contributed by atoms with Gasteiger partial charge in [-0.25, -0.2) is 8.42 Å². The van der Waals surface area contributed by atoms with Crippen molar-refractivity contribution in [3.05, 3.63) is 47.3 Å². The fourth-order valence-corrected chi connectivity index (χ4v) is 6.38. The summed E-state index contributed by atoms with van der Waals surface area (Å²) in [5.41, 5.74) is 2.02. The second-order valence-corrected chi connectivity index (χ2v) is 10.8. The van der Waals surface area contributed by atoms with Crippen LogP contribution < -0.4 is 4.74 Å². The van der Waals surface area contributed by atoms with E-state index in [2.05, 4.69) is 9.88 Å². The van der Waals surface area contributed by atoms with Crippen LogP contribution in [0.2, 0.25) is 0 Å². The fraction of sp³-hybridized carbons (Fsp3) is 0.522. The van der Waals surface area contributed by atoms with Crippen LogP contribution in [0.25, 0.3) is 0 Å². The third-order valence-electron chi connectivity index (χ3n) is 6.96. The Labute approximate surface area is 189 Å². The number of aliphatic hydroxyl groups excluding tert-OH is 1. The molecule has 0 unspecified atom stereocenters. The molecule has 2 fully saturated rings. The third kappa shape index (κ3) is 4.34. The number of nitrogens with zero attached hydrogens (tertiary/aromatic N) is 3. The average Bonchev–Trinajstić information content (AvgIpc) is 3.19. The summed E-state index contributed by atoms with van der Waals surface area (Å²) in [4.78, 5) is 6.69. The van der Waals surface area contributed by atoms with Gasteiger partial charge in [-0.1, -0.05) is 6.07 Å². The van der Waals surface area contributed by atoms with Gasteiger partial charge in [-0.3, -0.25) is 9.88 Å². The van der Waals surface area contributed by atoms with Crippen molar-refractivity contribution in [1.82, 2.24) is 14.2 Å². The van der Waals surface area contributed by atoms with Gasteiger partial charge >= 0.3 is 0 Å². The van der Waals surface area contributed by atoms with Crippen LogP contribution in [0.1, 0.15) is 36.1 Å². The van der Waals surface area contributed by atoms with Gasteiger partial charge < -0.3 is 14.9 Å². The number of sulfonamides is 1. The van der Waals surface area contributed by atoms with Crippen molar-refractivity contribution in [3.8, 4) is 11.5 Å². The standard InChI is InChI=1S/C23H31N3O5S/c1-17-22(28)21(18(15-27)13-24-17)14-25-9-6-23(16-25)7-10-26(11-8-23)32(29,30)20-5-3-4-19(12-20)31-2/h3-5,12-13,27-28H,6-11,14-16H2,1-2H3. The highest BCUT2D eigenvalue weighted by molar-refractivity contribution is 7.89. The Morgan fingerprint density at radius 1 is 1.19 bits per heavy atom. The molecule has 32 heavy (non-hydrogen) atoms. The van der Waals surface area contributed by atoms with Gasteiger partial charge in [-0.05, 0) is 50.3 Å². The molecule has 2 aromatic rings. The number of likely N-dealkylation sites (tertiary alicyclic amines) is 1. The lowest BCUT2D eigenvalue weighted by molar-refractivity contribution is 0.153. The van der Waals surface area contributed by atoms with Crippen LogP contribution >= 0.6 is 0 Å². The van der Waals surface area contributed by atoms with E-state index in [1.807, 2.05) is 0 Å². The van der Waals surface area contributed by atoms with Crippen LogP contribution in [0, 0.1) is 12.3 Å². The molecular formula is C23H31N3O5S. The number of aromatic hydroxyl groups is 1. The molecule has 0 atom stereocenters. The predicted molar refractivity (Wildman–Crippen MR) is 120 cm³/mol. The Morgan fingerprint density at radius 3 is 2.59 bits per heavy atom. The Hall–Kier alpha value is -2.20. The first-order valence-corrected chi connectivity index (χ1v) is 12.4. The van der Waals surface area contributed by atoms with Gasteiger partial charge in [0.2, 0.25) is 10.0 Å². The number of pyridine rings is 1. The van der Waals surface area contributed by atoms with Gasteiger partial charge in [0.15, 0.2) is 0 Å². The quantitative estimate of drug-likeness (QED) is 0.680. The van der Waals surface area contributed by atoms with Crippen LogP contribution in [-0.2, 0) is 23.2 Å². The molecule has 2 saturated heterocycles. The van der Waals surface area contributed by atoms with Crippen molar-refractivity contribution in [3.63, 3.8) is 0 Å². The third-order valence-corrected chi connectivity index (χ3v) is 8.86. The monoisotopic (exact) mass is 461 g/mol. The summed E-state index contributed by atoms with van der Waals surface area (Å²) in [6.07, 6.45) is 4.24. The van der Waals surface area contributed by atoms with Gasteiger partial charge in [0.05, 0.1) is 24.3 Å². The Morgan fingerprint density at radius 2 is 1.91 bits per heavy atom. The Balaban J connectivity index is 1.42. The number of piperidine rings is 1. The maximum atomic E-state index is 13.1. The predicted octanol–water partition coefficient (Wildman–Crippen LogP) is 2.27. The summed E-state index contributed by atoms with van der Waals surface area (Å²) in [6.45, 7) is 4.87. The summed E-state index contributed by atoms with van der Waals surface area (Å²) < 4.78 is 33.0. The molecule has 8 nitrogen and oxygen atoms in total. The highest BCUT2D eigenvalue weighted by Crippen LogP contribution is 2.42. The van der Waals surface area contributed by atoms with E-state index in [0.29, 0.717) is 36.6 Å². The highest BCUT2D eigenvalue weighted by atomic mass is 32.2. The first kappa shape index (κ1) is 23.0. The number of aryl methyl sites for hydroxylation is 1. The SMILES string of the molecule is COc1cccc(S(=O)(=O)N2CCC3(CCN(Cc4c(CO)cnc(C)c4O)C3)CC2)c1. The molecular weight excluding hydrogens is 430 g/mol. The van der Waals surface area contributed by atoms with Crippen molar-refractivity contribution in [2.75, 3.05) is 33.3 Å². The average molecular weight is 462 g/mol. The molecule has 0 amide bonds. The molecule has 174 valence electrons. The van der Waals surface area contributed by atoms with Crippen molar-refractivity contribution < 1.29 is 23.4 Å². The molecule has 9 heteroatoms. The minimum Gasteiger partial charge on any atom is -0.506 e. The molecule has 2 N–H and O–H groups in total. The van der Waals surface area contributed by atoms with Crippen LogP contribution in [0.3, 0.4) is 0 Å². The van der Waals surface area contributed by atoms with E-state index in [1.165, 1.54) is 7.11 Å². The van der Waals surface area contributed by atoms with Crippen molar-refractivity contribution >= 4 is 10.0 Å². The topological polar surface area (TPSA) is 103 Å². The molecule has 1 aromatic heterocycles. The zero-order chi connectivity index (χ0) is 22.9. The lowest BCUT2D eigenvalue weighted by Gasteiger charge is -2.38. The Bertz CT molecular complexity index is 1080. The smallest absolute Gasteiger partial charge is 0.243 e. The van der Waals surface area contributed by atoms with E-state index < -0.39 is 10.0 Å². The number of benzene rings is 1. The number of ether oxygens (including phenoxy) is 1. The molecule has 2 aliphatic rings. The van der Waals surface area contributed by atoms with Crippen molar-refractivity contribution in [1.29, 1.82) is 0 Å². The van der Waals surface area contributed by atoms with Gasteiger partial charge in [0.25, 0.3) is 0 Å². The van der Waals surface area contributed by atoms with E-state index >= 15 is 0 Å². The van der Waals surface area contributed by atoms with Crippen LogP contribution in [0.15, 0.2) is 35.4 Å². The van der Waals surface area contributed by atoms with Crippen LogP contribution in [0.4, 0.5) is 0 Å². The maximum Gasteiger partial charge on any atom is 0.243 e. The van der Waals surface area contributed by atoms with E-state index in [0.717, 1.165) is 37.9 Å². The summed E-state index contributed by atoms with van der Waals surface area (Å²) in [5.74, 6) is 0.680. The number of hydrogen-bond acceptors (Lipinski definition) is 7. The summed E-state index contributed by atoms with van der Waals surface area (Å²) in [6, 6.07) is 6.62. The van der Waals surface area contributed by atoms with Crippen molar-refractivity contribution in [2.24, 2.45) is 5.41 Å². The highest BCUT2D eigenvalue weighted by Gasteiger charge is 2.43. The fourth-order valence-electron chi connectivity index (χ4n) is 4.90. The number of methoxy groups -OCH3 is 1. The van der Waals surface area contributed by atoms with Gasteiger partial charge in [-0.15, -0.1) is 0 Å². The number of aromatic nitrogens is 1. The molecule has 4 rings (SSSR count). The second kappa shape index (κ2) is 8.97.